The molecule has 0 saturated heterocycles. The summed E-state index contributed by atoms with van der Waals surface area (Å²) in [5.41, 5.74) is 5.30. The van der Waals surface area contributed by atoms with Crippen LogP contribution in [0.5, 0.6) is 0 Å². The van der Waals surface area contributed by atoms with Crippen molar-refractivity contribution in [2.24, 2.45) is 5.10 Å². The third kappa shape index (κ3) is 5.44. The Morgan fingerprint density at radius 2 is 1.96 bits per heavy atom. The molecule has 0 radical (unpaired) electrons. The standard InChI is InChI=1S/C17H18N4O2S/c1-13(15-8-5-9-16(12-15)21(22)23)19-20-17(24)18-11-10-14-6-3-2-4-7-14/h2-9,12H,10-11H2,1H3,(H2,18,20,24)/b19-13-. The van der Waals surface area contributed by atoms with Gasteiger partial charge in [0.05, 0.1) is 10.6 Å². The molecule has 2 N–H and O–H groups in total. The number of benzene rings is 2. The van der Waals surface area contributed by atoms with Gasteiger partial charge in [0.1, 0.15) is 0 Å². The molecule has 24 heavy (non-hydrogen) atoms. The van der Waals surface area contributed by atoms with Gasteiger partial charge in [-0.15, -0.1) is 0 Å². The van der Waals surface area contributed by atoms with Crippen molar-refractivity contribution < 1.29 is 4.92 Å². The molecule has 2 rings (SSSR count). The average molecular weight is 342 g/mol. The van der Waals surface area contributed by atoms with Crippen LogP contribution in [0.3, 0.4) is 0 Å². The Morgan fingerprint density at radius 3 is 2.67 bits per heavy atom. The second-order valence-electron chi connectivity index (χ2n) is 5.11. The average Bonchev–Trinajstić information content (AvgIpc) is 2.60. The molecule has 0 unspecified atom stereocenters. The number of hydrazone groups is 1. The molecular weight excluding hydrogens is 324 g/mol. The highest BCUT2D eigenvalue weighted by atomic mass is 32.1. The Kier molecular flexibility index (Phi) is 6.39. The second kappa shape index (κ2) is 8.73. The molecule has 2 aromatic rings. The van der Waals surface area contributed by atoms with Crippen LogP contribution in [-0.2, 0) is 6.42 Å². The van der Waals surface area contributed by atoms with E-state index in [1.807, 2.05) is 18.2 Å². The molecule has 7 heteroatoms. The fourth-order valence-electron chi connectivity index (χ4n) is 2.05. The fraction of sp³-hybridized carbons (Fsp3) is 0.176. The Hall–Kier alpha value is -2.80. The zero-order valence-electron chi connectivity index (χ0n) is 13.2. The largest absolute Gasteiger partial charge is 0.361 e. The van der Waals surface area contributed by atoms with E-state index in [1.165, 1.54) is 17.7 Å². The molecule has 0 fully saturated rings. The Morgan fingerprint density at radius 1 is 1.21 bits per heavy atom. The monoisotopic (exact) mass is 342 g/mol. The first kappa shape index (κ1) is 17.6. The van der Waals surface area contributed by atoms with Gasteiger partial charge in [0.15, 0.2) is 5.11 Å². The van der Waals surface area contributed by atoms with E-state index in [-0.39, 0.29) is 5.69 Å². The number of non-ortho nitro benzene ring substituents is 1. The zero-order chi connectivity index (χ0) is 17.4. The van der Waals surface area contributed by atoms with Gasteiger partial charge < -0.3 is 5.32 Å². The zero-order valence-corrected chi connectivity index (χ0v) is 14.0. The van der Waals surface area contributed by atoms with E-state index in [0.717, 1.165) is 6.42 Å². The van der Waals surface area contributed by atoms with Gasteiger partial charge in [-0.25, -0.2) is 0 Å². The third-order valence-electron chi connectivity index (χ3n) is 3.34. The van der Waals surface area contributed by atoms with Crippen LogP contribution >= 0.6 is 12.2 Å². The molecule has 0 aromatic heterocycles. The summed E-state index contributed by atoms with van der Waals surface area (Å²) >= 11 is 5.17. The number of nitro groups is 1. The maximum absolute atomic E-state index is 10.8. The van der Waals surface area contributed by atoms with Gasteiger partial charge in [-0.05, 0) is 31.1 Å². The third-order valence-corrected chi connectivity index (χ3v) is 3.58. The van der Waals surface area contributed by atoms with E-state index >= 15 is 0 Å². The molecule has 124 valence electrons. The summed E-state index contributed by atoms with van der Waals surface area (Å²) in [5.74, 6) is 0. The van der Waals surface area contributed by atoms with Gasteiger partial charge >= 0.3 is 0 Å². The minimum Gasteiger partial charge on any atom is -0.361 e. The molecule has 0 bridgehead atoms. The summed E-state index contributed by atoms with van der Waals surface area (Å²) in [6.45, 7) is 2.46. The van der Waals surface area contributed by atoms with E-state index in [4.69, 9.17) is 12.2 Å². The lowest BCUT2D eigenvalue weighted by atomic mass is 10.1. The molecular formula is C17H18N4O2S. The first-order chi connectivity index (χ1) is 11.6. The van der Waals surface area contributed by atoms with Gasteiger partial charge in [-0.1, -0.05) is 42.5 Å². The quantitative estimate of drug-likeness (QED) is 0.365. The van der Waals surface area contributed by atoms with Crippen LogP contribution in [0.4, 0.5) is 5.69 Å². The second-order valence-corrected chi connectivity index (χ2v) is 5.52. The maximum Gasteiger partial charge on any atom is 0.270 e. The molecule has 6 nitrogen and oxygen atoms in total. The molecule has 0 amide bonds. The molecule has 0 aliphatic carbocycles. The van der Waals surface area contributed by atoms with Crippen molar-refractivity contribution in [3.8, 4) is 0 Å². The van der Waals surface area contributed by atoms with Crippen molar-refractivity contribution in [1.82, 2.24) is 10.7 Å². The van der Waals surface area contributed by atoms with Gasteiger partial charge in [-0.2, -0.15) is 5.10 Å². The van der Waals surface area contributed by atoms with Crippen LogP contribution in [-0.4, -0.2) is 22.3 Å². The molecule has 0 heterocycles. The van der Waals surface area contributed by atoms with E-state index in [1.54, 1.807) is 19.1 Å². The maximum atomic E-state index is 10.8. The van der Waals surface area contributed by atoms with Gasteiger partial charge in [0, 0.05) is 24.2 Å². The van der Waals surface area contributed by atoms with E-state index in [9.17, 15) is 10.1 Å². The topological polar surface area (TPSA) is 79.6 Å². The summed E-state index contributed by atoms with van der Waals surface area (Å²) in [6, 6.07) is 16.4. The van der Waals surface area contributed by atoms with Crippen molar-refractivity contribution in [1.29, 1.82) is 0 Å². The SMILES string of the molecule is C/C(=N/NC(=S)NCCc1ccccc1)c1cccc([N+](=O)[O-])c1. The van der Waals surface area contributed by atoms with Crippen LogP contribution in [0.1, 0.15) is 18.1 Å². The normalized spacial score (nSPS) is 11.0. The number of nitrogens with zero attached hydrogens (tertiary/aromatic N) is 2. The summed E-state index contributed by atoms with van der Waals surface area (Å²) in [4.78, 5) is 10.4. The highest BCUT2D eigenvalue weighted by molar-refractivity contribution is 7.80. The Bertz CT molecular complexity index is 747. The lowest BCUT2D eigenvalue weighted by Gasteiger charge is -2.08. The van der Waals surface area contributed by atoms with Crippen molar-refractivity contribution in [2.75, 3.05) is 6.54 Å². The minimum atomic E-state index is -0.431. The molecule has 2 aromatic carbocycles. The van der Waals surface area contributed by atoms with Gasteiger partial charge in [-0.3, -0.25) is 15.5 Å². The van der Waals surface area contributed by atoms with E-state index in [0.29, 0.717) is 22.9 Å². The minimum absolute atomic E-state index is 0.0330. The van der Waals surface area contributed by atoms with Crippen LogP contribution in [0.25, 0.3) is 0 Å². The van der Waals surface area contributed by atoms with Crippen molar-refractivity contribution >= 4 is 28.7 Å². The Balaban J connectivity index is 1.84. The van der Waals surface area contributed by atoms with Crippen molar-refractivity contribution in [2.45, 2.75) is 13.3 Å². The summed E-state index contributed by atoms with van der Waals surface area (Å²) in [6.07, 6.45) is 0.857. The van der Waals surface area contributed by atoms with Gasteiger partial charge in [0.25, 0.3) is 5.69 Å². The van der Waals surface area contributed by atoms with Crippen molar-refractivity contribution in [3.63, 3.8) is 0 Å². The number of nitro benzene ring substituents is 1. The van der Waals surface area contributed by atoms with Crippen LogP contribution in [0.2, 0.25) is 0 Å². The lowest BCUT2D eigenvalue weighted by molar-refractivity contribution is -0.384. The van der Waals surface area contributed by atoms with Crippen LogP contribution in [0, 0.1) is 10.1 Å². The number of nitrogens with one attached hydrogen (secondary N) is 2. The Labute approximate surface area is 145 Å². The molecule has 0 saturated carbocycles. The molecule has 0 aliphatic rings. The van der Waals surface area contributed by atoms with Crippen molar-refractivity contribution in [3.05, 3.63) is 75.8 Å². The van der Waals surface area contributed by atoms with Crippen LogP contribution < -0.4 is 10.7 Å². The molecule has 0 spiro atoms. The number of rotatable bonds is 6. The number of thiocarbonyl (C=S) groups is 1. The highest BCUT2D eigenvalue weighted by Crippen LogP contribution is 2.13. The number of hydrogen-bond donors (Lipinski definition) is 2. The van der Waals surface area contributed by atoms with E-state index < -0.39 is 4.92 Å². The first-order valence-corrected chi connectivity index (χ1v) is 7.84. The summed E-state index contributed by atoms with van der Waals surface area (Å²) in [5, 5.41) is 18.4. The molecule has 0 atom stereocenters. The predicted molar refractivity (Wildman–Crippen MR) is 99.2 cm³/mol. The summed E-state index contributed by atoms with van der Waals surface area (Å²) < 4.78 is 0. The first-order valence-electron chi connectivity index (χ1n) is 7.43. The smallest absolute Gasteiger partial charge is 0.270 e. The number of hydrogen-bond acceptors (Lipinski definition) is 4. The van der Waals surface area contributed by atoms with E-state index in [2.05, 4.69) is 28.0 Å². The fourth-order valence-corrected chi connectivity index (χ4v) is 2.20. The highest BCUT2D eigenvalue weighted by Gasteiger charge is 2.07. The molecule has 0 aliphatic heterocycles. The lowest BCUT2D eigenvalue weighted by Crippen LogP contribution is -2.33. The predicted octanol–water partition coefficient (Wildman–Crippen LogP) is 3.03. The summed E-state index contributed by atoms with van der Waals surface area (Å²) in [7, 11) is 0. The van der Waals surface area contributed by atoms with Gasteiger partial charge in [0.2, 0.25) is 0 Å². The van der Waals surface area contributed by atoms with Crippen LogP contribution in [0.15, 0.2) is 59.7 Å².